The van der Waals surface area contributed by atoms with Gasteiger partial charge in [-0.3, -0.25) is 19.4 Å². The summed E-state index contributed by atoms with van der Waals surface area (Å²) in [5.41, 5.74) is 4.15. The molecule has 0 saturated carbocycles. The van der Waals surface area contributed by atoms with E-state index in [2.05, 4.69) is 15.1 Å². The van der Waals surface area contributed by atoms with Crippen LogP contribution in [0.15, 0.2) is 42.7 Å². The van der Waals surface area contributed by atoms with Crippen molar-refractivity contribution in [3.05, 3.63) is 77.0 Å². The molecular weight excluding hydrogens is 431 g/mol. The lowest BCUT2D eigenvalue weighted by molar-refractivity contribution is 0.0642. The smallest absolute Gasteiger partial charge is 0.256 e. The lowest BCUT2D eigenvalue weighted by atomic mass is 9.94. The fourth-order valence-electron chi connectivity index (χ4n) is 5.22. The average Bonchev–Trinajstić information content (AvgIpc) is 3.32. The summed E-state index contributed by atoms with van der Waals surface area (Å²) in [4.78, 5) is 24.0. The van der Waals surface area contributed by atoms with Crippen molar-refractivity contribution in [1.82, 2.24) is 24.6 Å². The fraction of sp³-hybridized carbons (Fsp3) is 0.250. The standard InChI is InChI=1S/C24H18F3N5O/c1-31-23(12-7-16(25)21(27)17(26)8-12)15-10-14-4-5-20(22(15)30-31)32(14)24(33)13-9-19-18(29-11-13)3-2-6-28-19/h2-3,6-9,11,14,20H,4-5,10H2,1H3/t14-,20+/m1/s1. The molecule has 0 spiro atoms. The van der Waals surface area contributed by atoms with Crippen molar-refractivity contribution in [2.45, 2.75) is 31.3 Å². The van der Waals surface area contributed by atoms with Crippen molar-refractivity contribution < 1.29 is 18.0 Å². The number of carbonyl (C=O) groups excluding carboxylic acids is 1. The Balaban J connectivity index is 1.40. The Morgan fingerprint density at radius 2 is 1.85 bits per heavy atom. The van der Waals surface area contributed by atoms with Crippen LogP contribution in [0.1, 0.15) is 40.5 Å². The van der Waals surface area contributed by atoms with Crippen LogP contribution in [0.4, 0.5) is 13.2 Å². The van der Waals surface area contributed by atoms with E-state index in [4.69, 9.17) is 0 Å². The molecule has 166 valence electrons. The molecule has 9 heteroatoms. The normalized spacial score (nSPS) is 19.2. The summed E-state index contributed by atoms with van der Waals surface area (Å²) >= 11 is 0. The number of aryl methyl sites for hydroxylation is 1. The quantitative estimate of drug-likeness (QED) is 0.427. The average molecular weight is 449 g/mol. The number of benzene rings is 1. The maximum Gasteiger partial charge on any atom is 0.256 e. The number of fused-ring (bicyclic) bond motifs is 5. The van der Waals surface area contributed by atoms with E-state index in [-0.39, 0.29) is 23.6 Å². The maximum atomic E-state index is 13.9. The van der Waals surface area contributed by atoms with E-state index in [1.165, 1.54) is 0 Å². The summed E-state index contributed by atoms with van der Waals surface area (Å²) in [5.74, 6) is -4.12. The van der Waals surface area contributed by atoms with E-state index in [0.29, 0.717) is 34.4 Å². The Kier molecular flexibility index (Phi) is 4.30. The van der Waals surface area contributed by atoms with E-state index in [9.17, 15) is 18.0 Å². The third kappa shape index (κ3) is 2.95. The van der Waals surface area contributed by atoms with E-state index in [1.807, 2.05) is 11.0 Å². The van der Waals surface area contributed by atoms with Crippen LogP contribution in [0.5, 0.6) is 0 Å². The molecule has 6 rings (SSSR count). The highest BCUT2D eigenvalue weighted by molar-refractivity contribution is 5.97. The van der Waals surface area contributed by atoms with Gasteiger partial charge in [0.15, 0.2) is 17.5 Å². The lowest BCUT2D eigenvalue weighted by Crippen LogP contribution is -2.42. The summed E-state index contributed by atoms with van der Waals surface area (Å²) in [7, 11) is 1.69. The molecule has 1 amide bonds. The molecule has 1 saturated heterocycles. The Hall–Kier alpha value is -3.75. The summed E-state index contributed by atoms with van der Waals surface area (Å²) in [6.07, 6.45) is 5.26. The number of hydrogen-bond donors (Lipinski definition) is 0. The van der Waals surface area contributed by atoms with Crippen LogP contribution in [0.2, 0.25) is 0 Å². The third-order valence-corrected chi connectivity index (χ3v) is 6.62. The summed E-state index contributed by atoms with van der Waals surface area (Å²) in [5, 5.41) is 4.62. The predicted molar refractivity (Wildman–Crippen MR) is 114 cm³/mol. The molecule has 2 bridgehead atoms. The molecule has 2 atom stereocenters. The SMILES string of the molecule is Cn1nc2c(c1-c1cc(F)c(F)c(F)c1)C[C@H]1CC[C@@H]2N1C(=O)c1cnc2cccnc2c1. The predicted octanol–water partition coefficient (Wildman–Crippen LogP) is 4.35. The number of amides is 1. The zero-order chi connectivity index (χ0) is 22.9. The first-order chi connectivity index (χ1) is 15.9. The molecule has 5 heterocycles. The zero-order valence-electron chi connectivity index (χ0n) is 17.6. The van der Waals surface area contributed by atoms with Gasteiger partial charge in [0.25, 0.3) is 5.91 Å². The fourth-order valence-corrected chi connectivity index (χ4v) is 5.22. The molecule has 33 heavy (non-hydrogen) atoms. The highest BCUT2D eigenvalue weighted by Crippen LogP contribution is 2.46. The van der Waals surface area contributed by atoms with Gasteiger partial charge in [-0.1, -0.05) is 0 Å². The van der Waals surface area contributed by atoms with Crippen molar-refractivity contribution >= 4 is 16.9 Å². The van der Waals surface area contributed by atoms with Crippen LogP contribution in [-0.2, 0) is 13.5 Å². The zero-order valence-corrected chi connectivity index (χ0v) is 17.6. The molecule has 0 N–H and O–H groups in total. The first-order valence-electron chi connectivity index (χ1n) is 10.7. The number of aromatic nitrogens is 4. The minimum atomic E-state index is -1.50. The van der Waals surface area contributed by atoms with Gasteiger partial charge in [-0.05, 0) is 49.6 Å². The molecule has 0 radical (unpaired) electrons. The third-order valence-electron chi connectivity index (χ3n) is 6.62. The van der Waals surface area contributed by atoms with E-state index in [1.54, 1.807) is 36.3 Å². The van der Waals surface area contributed by atoms with Crippen LogP contribution < -0.4 is 0 Å². The van der Waals surface area contributed by atoms with Gasteiger partial charge >= 0.3 is 0 Å². The van der Waals surface area contributed by atoms with Crippen LogP contribution in [0.25, 0.3) is 22.3 Å². The van der Waals surface area contributed by atoms with Crippen molar-refractivity contribution in [1.29, 1.82) is 0 Å². The first-order valence-corrected chi connectivity index (χ1v) is 10.7. The minimum absolute atomic E-state index is 0.0764. The number of pyridine rings is 2. The minimum Gasteiger partial charge on any atom is -0.327 e. The number of carbonyl (C=O) groups is 1. The molecule has 1 aromatic carbocycles. The Bertz CT molecular complexity index is 1430. The largest absolute Gasteiger partial charge is 0.327 e. The van der Waals surface area contributed by atoms with Gasteiger partial charge in [-0.2, -0.15) is 5.10 Å². The number of nitrogens with zero attached hydrogens (tertiary/aromatic N) is 5. The van der Waals surface area contributed by atoms with Crippen molar-refractivity contribution in [2.24, 2.45) is 7.05 Å². The van der Waals surface area contributed by atoms with Gasteiger partial charge in [-0.25, -0.2) is 13.2 Å². The molecule has 2 aliphatic heterocycles. The molecule has 6 nitrogen and oxygen atoms in total. The Morgan fingerprint density at radius 1 is 1.06 bits per heavy atom. The van der Waals surface area contributed by atoms with Crippen molar-refractivity contribution in [3.8, 4) is 11.3 Å². The van der Waals surface area contributed by atoms with Gasteiger partial charge in [0.2, 0.25) is 0 Å². The number of rotatable bonds is 2. The van der Waals surface area contributed by atoms with Gasteiger partial charge in [0.1, 0.15) is 0 Å². The van der Waals surface area contributed by atoms with E-state index < -0.39 is 17.5 Å². The molecular formula is C24H18F3N5O. The molecule has 0 aliphatic carbocycles. The molecule has 3 aromatic heterocycles. The second-order valence-electron chi connectivity index (χ2n) is 8.52. The van der Waals surface area contributed by atoms with Gasteiger partial charge in [0, 0.05) is 36.6 Å². The topological polar surface area (TPSA) is 63.9 Å². The monoisotopic (exact) mass is 449 g/mol. The number of halogens is 3. The number of hydrogen-bond acceptors (Lipinski definition) is 4. The van der Waals surface area contributed by atoms with Gasteiger partial charge in [0.05, 0.1) is 34.0 Å². The van der Waals surface area contributed by atoms with Crippen LogP contribution in [0.3, 0.4) is 0 Å². The Morgan fingerprint density at radius 3 is 2.64 bits per heavy atom. The van der Waals surface area contributed by atoms with E-state index in [0.717, 1.165) is 30.5 Å². The second kappa shape index (κ2) is 7.13. The van der Waals surface area contributed by atoms with Crippen LogP contribution >= 0.6 is 0 Å². The first kappa shape index (κ1) is 19.9. The van der Waals surface area contributed by atoms with E-state index >= 15 is 0 Å². The van der Waals surface area contributed by atoms with Gasteiger partial charge in [-0.15, -0.1) is 0 Å². The highest BCUT2D eigenvalue weighted by Gasteiger charge is 2.46. The second-order valence-corrected chi connectivity index (χ2v) is 8.52. The lowest BCUT2D eigenvalue weighted by Gasteiger charge is -2.34. The maximum absolute atomic E-state index is 13.9. The summed E-state index contributed by atoms with van der Waals surface area (Å²) < 4.78 is 42.9. The molecule has 1 fully saturated rings. The molecule has 0 unspecified atom stereocenters. The van der Waals surface area contributed by atoms with Crippen molar-refractivity contribution in [3.63, 3.8) is 0 Å². The highest BCUT2D eigenvalue weighted by atomic mass is 19.2. The van der Waals surface area contributed by atoms with Gasteiger partial charge < -0.3 is 4.90 Å². The van der Waals surface area contributed by atoms with Crippen molar-refractivity contribution in [2.75, 3.05) is 0 Å². The molecule has 2 aliphatic rings. The summed E-state index contributed by atoms with van der Waals surface area (Å²) in [6.45, 7) is 0. The van der Waals surface area contributed by atoms with Crippen LogP contribution in [0, 0.1) is 17.5 Å². The van der Waals surface area contributed by atoms with Crippen LogP contribution in [-0.4, -0.2) is 36.6 Å². The summed E-state index contributed by atoms with van der Waals surface area (Å²) in [6, 6.07) is 7.03. The molecule has 4 aromatic rings. The Labute approximate surface area is 186 Å².